The van der Waals surface area contributed by atoms with Gasteiger partial charge in [-0.1, -0.05) is 19.4 Å². The number of hydrogen-bond donors (Lipinski definition) is 2. The highest BCUT2D eigenvalue weighted by molar-refractivity contribution is 5.79. The highest BCUT2D eigenvalue weighted by atomic mass is 16.3. The quantitative estimate of drug-likeness (QED) is 0.779. The van der Waals surface area contributed by atoms with Crippen LogP contribution in [0.25, 0.3) is 0 Å². The van der Waals surface area contributed by atoms with Crippen molar-refractivity contribution in [1.29, 1.82) is 0 Å². The van der Waals surface area contributed by atoms with Gasteiger partial charge in [0, 0.05) is 24.1 Å². The molecule has 0 bridgehead atoms. The summed E-state index contributed by atoms with van der Waals surface area (Å²) in [6.45, 7) is 2.75. The van der Waals surface area contributed by atoms with Crippen molar-refractivity contribution in [2.75, 3.05) is 6.61 Å². The van der Waals surface area contributed by atoms with Crippen molar-refractivity contribution in [2.24, 2.45) is 28.6 Å². The zero-order chi connectivity index (χ0) is 14.7. The molecular formula is C18H27NO2. The van der Waals surface area contributed by atoms with Gasteiger partial charge >= 0.3 is 0 Å². The summed E-state index contributed by atoms with van der Waals surface area (Å²) in [7, 11) is 0. The number of piperidine rings is 1. The second kappa shape index (κ2) is 4.58. The molecular weight excluding hydrogens is 262 g/mol. The summed E-state index contributed by atoms with van der Waals surface area (Å²) < 4.78 is 0. The predicted octanol–water partition coefficient (Wildman–Crippen LogP) is 3.00. The maximum absolute atomic E-state index is 11.7. The Labute approximate surface area is 127 Å². The lowest BCUT2D eigenvalue weighted by Crippen LogP contribution is -2.53. The van der Waals surface area contributed by atoms with Gasteiger partial charge in [-0.05, 0) is 61.7 Å². The molecule has 21 heavy (non-hydrogen) atoms. The van der Waals surface area contributed by atoms with Crippen LogP contribution in [0, 0.1) is 28.6 Å². The monoisotopic (exact) mass is 289 g/mol. The van der Waals surface area contributed by atoms with Crippen molar-refractivity contribution >= 4 is 5.91 Å². The molecule has 0 spiro atoms. The molecule has 3 fully saturated rings. The van der Waals surface area contributed by atoms with Crippen molar-refractivity contribution in [2.45, 2.75) is 58.3 Å². The van der Waals surface area contributed by atoms with Gasteiger partial charge < -0.3 is 10.4 Å². The van der Waals surface area contributed by atoms with Crippen molar-refractivity contribution in [1.82, 2.24) is 5.32 Å². The molecule has 116 valence electrons. The highest BCUT2D eigenvalue weighted by Crippen LogP contribution is 2.63. The van der Waals surface area contributed by atoms with Gasteiger partial charge in [0.2, 0.25) is 5.91 Å². The van der Waals surface area contributed by atoms with E-state index >= 15 is 0 Å². The molecule has 0 aromatic rings. The van der Waals surface area contributed by atoms with E-state index in [9.17, 15) is 9.90 Å². The standard InChI is InChI=1S/C18H27NO2/c1-17-9-7-16(21)19-15(17)5-4-12-13(17)6-10-18(11-20)8-2-3-14(12)18/h5,12-14,20H,2-4,6-11H2,1H3,(H,19,21)/t12-,13+,14+,17-,18+/m1/s1. The largest absolute Gasteiger partial charge is 0.396 e. The SMILES string of the molecule is C[C@]12CCC(=O)NC1=CC[C@H]1[C@@H]3CCC[C@@]3(CO)CC[C@@H]12. The van der Waals surface area contributed by atoms with E-state index in [1.807, 2.05) is 0 Å². The Balaban J connectivity index is 1.69. The average Bonchev–Trinajstić information content (AvgIpc) is 2.92. The van der Waals surface area contributed by atoms with E-state index in [1.165, 1.54) is 37.8 Å². The number of allylic oxidation sites excluding steroid dienone is 2. The summed E-state index contributed by atoms with van der Waals surface area (Å²) >= 11 is 0. The molecule has 0 aromatic carbocycles. The summed E-state index contributed by atoms with van der Waals surface area (Å²) in [5.74, 6) is 2.31. The molecule has 4 rings (SSSR count). The predicted molar refractivity (Wildman–Crippen MR) is 81.3 cm³/mol. The lowest BCUT2D eigenvalue weighted by atomic mass is 9.50. The highest BCUT2D eigenvalue weighted by Gasteiger charge is 2.57. The Hall–Kier alpha value is -0.830. The van der Waals surface area contributed by atoms with Gasteiger partial charge in [-0.15, -0.1) is 0 Å². The first kappa shape index (κ1) is 13.8. The van der Waals surface area contributed by atoms with E-state index in [-0.39, 0.29) is 16.7 Å². The average molecular weight is 289 g/mol. The van der Waals surface area contributed by atoms with Crippen LogP contribution in [0.2, 0.25) is 0 Å². The number of carbonyl (C=O) groups is 1. The number of rotatable bonds is 1. The zero-order valence-corrected chi connectivity index (χ0v) is 13.0. The summed E-state index contributed by atoms with van der Waals surface area (Å²) in [4.78, 5) is 11.7. The van der Waals surface area contributed by atoms with Gasteiger partial charge in [-0.2, -0.15) is 0 Å². The van der Waals surface area contributed by atoms with Crippen LogP contribution >= 0.6 is 0 Å². The third kappa shape index (κ3) is 1.79. The second-order valence-electron chi connectivity index (χ2n) is 8.15. The molecule has 2 N–H and O–H groups in total. The molecule has 4 aliphatic rings. The summed E-state index contributed by atoms with van der Waals surface area (Å²) in [5.41, 5.74) is 1.59. The molecule has 1 heterocycles. The minimum absolute atomic E-state index is 0.168. The first-order chi connectivity index (χ1) is 10.1. The molecule has 0 aromatic heterocycles. The topological polar surface area (TPSA) is 49.3 Å². The Morgan fingerprint density at radius 3 is 2.95 bits per heavy atom. The molecule has 1 saturated heterocycles. The molecule has 5 atom stereocenters. The van der Waals surface area contributed by atoms with Gasteiger partial charge in [0.1, 0.15) is 0 Å². The van der Waals surface area contributed by atoms with Crippen LogP contribution in [0.5, 0.6) is 0 Å². The Morgan fingerprint density at radius 1 is 1.29 bits per heavy atom. The van der Waals surface area contributed by atoms with Gasteiger partial charge in [-0.3, -0.25) is 4.79 Å². The van der Waals surface area contributed by atoms with Crippen molar-refractivity contribution in [3.05, 3.63) is 11.8 Å². The molecule has 2 saturated carbocycles. The van der Waals surface area contributed by atoms with E-state index in [1.54, 1.807) is 0 Å². The molecule has 1 amide bonds. The van der Waals surface area contributed by atoms with E-state index in [0.717, 1.165) is 18.8 Å². The number of amides is 1. The first-order valence-electron chi connectivity index (χ1n) is 8.70. The fourth-order valence-corrected chi connectivity index (χ4v) is 6.26. The van der Waals surface area contributed by atoms with Gasteiger partial charge in [0.15, 0.2) is 0 Å². The Kier molecular flexibility index (Phi) is 3.01. The van der Waals surface area contributed by atoms with Crippen LogP contribution in [-0.2, 0) is 4.79 Å². The number of aliphatic hydroxyl groups excluding tert-OH is 1. The lowest BCUT2D eigenvalue weighted by Gasteiger charge is -2.56. The van der Waals surface area contributed by atoms with Crippen molar-refractivity contribution in [3.63, 3.8) is 0 Å². The summed E-state index contributed by atoms with van der Waals surface area (Å²) in [6.07, 6.45) is 11.3. The third-order valence-electron chi connectivity index (χ3n) is 7.45. The van der Waals surface area contributed by atoms with Gasteiger partial charge in [0.25, 0.3) is 0 Å². The van der Waals surface area contributed by atoms with Crippen LogP contribution in [0.3, 0.4) is 0 Å². The molecule has 3 aliphatic carbocycles. The molecule has 3 nitrogen and oxygen atoms in total. The van der Waals surface area contributed by atoms with Crippen LogP contribution in [0.1, 0.15) is 58.3 Å². The van der Waals surface area contributed by atoms with Crippen molar-refractivity contribution < 1.29 is 9.90 Å². The minimum atomic E-state index is 0.168. The number of aliphatic hydroxyl groups is 1. The van der Waals surface area contributed by atoms with E-state index in [2.05, 4.69) is 18.3 Å². The van der Waals surface area contributed by atoms with Crippen LogP contribution in [0.15, 0.2) is 11.8 Å². The fraction of sp³-hybridized carbons (Fsp3) is 0.833. The second-order valence-corrected chi connectivity index (χ2v) is 8.15. The van der Waals surface area contributed by atoms with E-state index in [0.29, 0.717) is 24.9 Å². The number of nitrogens with one attached hydrogen (secondary N) is 1. The molecule has 1 aliphatic heterocycles. The lowest BCUT2D eigenvalue weighted by molar-refractivity contribution is -0.125. The normalized spacial score (nSPS) is 48.8. The van der Waals surface area contributed by atoms with Crippen LogP contribution in [0.4, 0.5) is 0 Å². The Morgan fingerprint density at radius 2 is 2.14 bits per heavy atom. The number of fused-ring (bicyclic) bond motifs is 5. The van der Waals surface area contributed by atoms with Gasteiger partial charge in [0.05, 0.1) is 0 Å². The fourth-order valence-electron chi connectivity index (χ4n) is 6.26. The summed E-state index contributed by atoms with van der Waals surface area (Å²) in [5, 5.41) is 13.1. The Bertz CT molecular complexity index is 499. The van der Waals surface area contributed by atoms with E-state index in [4.69, 9.17) is 0 Å². The molecule has 0 radical (unpaired) electrons. The minimum Gasteiger partial charge on any atom is -0.396 e. The first-order valence-corrected chi connectivity index (χ1v) is 8.70. The van der Waals surface area contributed by atoms with Crippen molar-refractivity contribution in [3.8, 4) is 0 Å². The van der Waals surface area contributed by atoms with Gasteiger partial charge in [-0.25, -0.2) is 0 Å². The maximum Gasteiger partial charge on any atom is 0.224 e. The smallest absolute Gasteiger partial charge is 0.224 e. The zero-order valence-electron chi connectivity index (χ0n) is 13.0. The van der Waals surface area contributed by atoms with E-state index < -0.39 is 0 Å². The molecule has 0 unspecified atom stereocenters. The number of hydrogen-bond acceptors (Lipinski definition) is 2. The summed E-state index contributed by atoms with van der Waals surface area (Å²) in [6, 6.07) is 0. The third-order valence-corrected chi connectivity index (χ3v) is 7.45. The number of carbonyl (C=O) groups excluding carboxylic acids is 1. The van der Waals surface area contributed by atoms with Crippen LogP contribution in [-0.4, -0.2) is 17.6 Å². The molecule has 3 heteroatoms. The maximum atomic E-state index is 11.7. The van der Waals surface area contributed by atoms with Crippen LogP contribution < -0.4 is 5.32 Å².